The van der Waals surface area contributed by atoms with Crippen molar-refractivity contribution in [1.29, 1.82) is 0 Å². The number of hydrogen-bond acceptors (Lipinski definition) is 4. The summed E-state index contributed by atoms with van der Waals surface area (Å²) in [6, 6.07) is 18.4. The molecule has 0 bridgehead atoms. The number of aromatic nitrogens is 4. The Morgan fingerprint density at radius 3 is 2.50 bits per heavy atom. The monoisotopic (exact) mass is 371 g/mol. The summed E-state index contributed by atoms with van der Waals surface area (Å²) in [5, 5.41) is 3.39. The summed E-state index contributed by atoms with van der Waals surface area (Å²) in [5.41, 5.74) is 4.28. The van der Waals surface area contributed by atoms with Crippen molar-refractivity contribution < 1.29 is 0 Å². The molecule has 0 aliphatic heterocycles. The van der Waals surface area contributed by atoms with Gasteiger partial charge in [-0.3, -0.25) is 0 Å². The highest BCUT2D eigenvalue weighted by Crippen LogP contribution is 2.27. The fourth-order valence-electron chi connectivity index (χ4n) is 3.43. The molecule has 4 aromatic rings. The maximum absolute atomic E-state index is 4.85. The summed E-state index contributed by atoms with van der Waals surface area (Å²) in [6.45, 7) is 6.55. The zero-order chi connectivity index (χ0) is 19.7. The lowest BCUT2D eigenvalue weighted by molar-refractivity contribution is 0.526. The van der Waals surface area contributed by atoms with E-state index in [9.17, 15) is 0 Å². The summed E-state index contributed by atoms with van der Waals surface area (Å²) in [4.78, 5) is 13.9. The van der Waals surface area contributed by atoms with Gasteiger partial charge in [0.05, 0.1) is 11.0 Å². The zero-order valence-electron chi connectivity index (χ0n) is 16.8. The summed E-state index contributed by atoms with van der Waals surface area (Å²) in [7, 11) is 2.07. The number of rotatable bonds is 4. The van der Waals surface area contributed by atoms with E-state index in [0.717, 1.165) is 34.2 Å². The van der Waals surface area contributed by atoms with Crippen molar-refractivity contribution in [2.24, 2.45) is 7.05 Å². The highest BCUT2D eigenvalue weighted by molar-refractivity contribution is 5.81. The molecule has 0 saturated heterocycles. The quantitative estimate of drug-likeness (QED) is 0.549. The van der Waals surface area contributed by atoms with E-state index >= 15 is 0 Å². The third-order valence-electron chi connectivity index (χ3n) is 4.73. The first kappa shape index (κ1) is 18.2. The van der Waals surface area contributed by atoms with Gasteiger partial charge in [-0.2, -0.15) is 0 Å². The van der Waals surface area contributed by atoms with Gasteiger partial charge in [-0.15, -0.1) is 0 Å². The Balaban J connectivity index is 1.59. The Morgan fingerprint density at radius 2 is 1.75 bits per heavy atom. The Morgan fingerprint density at radius 1 is 0.964 bits per heavy atom. The molecule has 0 aliphatic carbocycles. The average Bonchev–Trinajstić information content (AvgIpc) is 2.99. The van der Waals surface area contributed by atoms with Gasteiger partial charge in [0.15, 0.2) is 0 Å². The Hall–Kier alpha value is -3.21. The van der Waals surface area contributed by atoms with Crippen molar-refractivity contribution in [3.05, 3.63) is 78.0 Å². The second-order valence-electron chi connectivity index (χ2n) is 8.09. The fourth-order valence-corrected chi connectivity index (χ4v) is 3.43. The van der Waals surface area contributed by atoms with E-state index in [1.54, 1.807) is 6.20 Å². The van der Waals surface area contributed by atoms with E-state index in [-0.39, 0.29) is 5.41 Å². The zero-order valence-corrected chi connectivity index (χ0v) is 16.8. The van der Waals surface area contributed by atoms with Crippen LogP contribution < -0.4 is 5.32 Å². The average molecular weight is 371 g/mol. The molecule has 5 nitrogen and oxygen atoms in total. The molecular weight excluding hydrogens is 346 g/mol. The maximum Gasteiger partial charge on any atom is 0.135 e. The highest BCUT2D eigenvalue weighted by Gasteiger charge is 2.21. The van der Waals surface area contributed by atoms with Crippen LogP contribution in [0.3, 0.4) is 0 Å². The molecule has 0 amide bonds. The van der Waals surface area contributed by atoms with Crippen molar-refractivity contribution in [2.75, 3.05) is 5.32 Å². The van der Waals surface area contributed by atoms with Crippen LogP contribution >= 0.6 is 0 Å². The van der Waals surface area contributed by atoms with Crippen molar-refractivity contribution in [2.45, 2.75) is 32.6 Å². The van der Waals surface area contributed by atoms with Crippen molar-refractivity contribution in [3.8, 4) is 0 Å². The molecule has 0 unspecified atom stereocenters. The number of benzene rings is 2. The molecule has 0 saturated carbocycles. The largest absolute Gasteiger partial charge is 0.340 e. The topological polar surface area (TPSA) is 55.6 Å². The van der Waals surface area contributed by atoms with Crippen LogP contribution in [-0.4, -0.2) is 19.5 Å². The van der Waals surface area contributed by atoms with Gasteiger partial charge in [0.25, 0.3) is 0 Å². The number of aryl methyl sites for hydroxylation is 1. The van der Waals surface area contributed by atoms with Gasteiger partial charge < -0.3 is 9.88 Å². The lowest BCUT2D eigenvalue weighted by Gasteiger charge is -2.17. The summed E-state index contributed by atoms with van der Waals surface area (Å²) in [5.74, 6) is 2.66. The summed E-state index contributed by atoms with van der Waals surface area (Å²) in [6.07, 6.45) is 2.51. The number of anilines is 2. The highest BCUT2D eigenvalue weighted by atomic mass is 15.1. The summed E-state index contributed by atoms with van der Waals surface area (Å²) < 4.78 is 2.17. The maximum atomic E-state index is 4.85. The molecule has 1 N–H and O–H groups in total. The van der Waals surface area contributed by atoms with Crippen LogP contribution in [0.25, 0.3) is 11.0 Å². The van der Waals surface area contributed by atoms with Crippen LogP contribution in [0.15, 0.2) is 60.8 Å². The number of nitrogens with zero attached hydrogens (tertiary/aromatic N) is 4. The predicted molar refractivity (Wildman–Crippen MR) is 114 cm³/mol. The number of hydrogen-bond donors (Lipinski definition) is 1. The minimum absolute atomic E-state index is 0.000354. The fraction of sp³-hybridized carbons (Fsp3) is 0.261. The second kappa shape index (κ2) is 7.08. The number of nitrogens with one attached hydrogen (secondary N) is 1. The molecule has 0 fully saturated rings. The minimum Gasteiger partial charge on any atom is -0.340 e. The number of fused-ring (bicyclic) bond motifs is 1. The van der Waals surface area contributed by atoms with Gasteiger partial charge >= 0.3 is 0 Å². The van der Waals surface area contributed by atoms with Crippen LogP contribution in [0.1, 0.15) is 38.0 Å². The van der Waals surface area contributed by atoms with Crippen molar-refractivity contribution in [3.63, 3.8) is 0 Å². The molecular formula is C23H25N5. The van der Waals surface area contributed by atoms with E-state index in [4.69, 9.17) is 4.98 Å². The third-order valence-corrected chi connectivity index (χ3v) is 4.73. The first-order chi connectivity index (χ1) is 13.4. The second-order valence-corrected chi connectivity index (χ2v) is 8.09. The molecule has 28 heavy (non-hydrogen) atoms. The van der Waals surface area contributed by atoms with Crippen LogP contribution in [0.5, 0.6) is 0 Å². The van der Waals surface area contributed by atoms with Gasteiger partial charge in [0, 0.05) is 30.8 Å². The van der Waals surface area contributed by atoms with E-state index in [1.807, 2.05) is 24.3 Å². The van der Waals surface area contributed by atoms with Gasteiger partial charge in [-0.05, 0) is 29.8 Å². The molecule has 5 heteroatoms. The molecule has 4 rings (SSSR count). The first-order valence-electron chi connectivity index (χ1n) is 9.50. The van der Waals surface area contributed by atoms with Crippen LogP contribution in [-0.2, 0) is 18.9 Å². The van der Waals surface area contributed by atoms with E-state index in [1.165, 1.54) is 5.56 Å². The third kappa shape index (κ3) is 3.74. The van der Waals surface area contributed by atoms with Gasteiger partial charge in [-0.1, -0.05) is 51.1 Å². The van der Waals surface area contributed by atoms with E-state index < -0.39 is 0 Å². The molecule has 0 aliphatic rings. The Kier molecular flexibility index (Phi) is 4.59. The Bertz CT molecular complexity index is 1110. The summed E-state index contributed by atoms with van der Waals surface area (Å²) >= 11 is 0. The molecule has 0 spiro atoms. The van der Waals surface area contributed by atoms with Gasteiger partial charge in [0.2, 0.25) is 0 Å². The van der Waals surface area contributed by atoms with Crippen LogP contribution in [0.4, 0.5) is 11.5 Å². The Labute approximate surface area is 165 Å². The van der Waals surface area contributed by atoms with Gasteiger partial charge in [-0.25, -0.2) is 15.0 Å². The minimum atomic E-state index is 0.000354. The lowest BCUT2D eigenvalue weighted by atomic mass is 9.96. The van der Waals surface area contributed by atoms with E-state index in [0.29, 0.717) is 6.42 Å². The standard InChI is InChI=1S/C23H25N5/c1-23(2,3)22-26-18-15-17(10-11-19(18)28(22)4)25-20-12-13-24-21(27-20)14-16-8-6-5-7-9-16/h5-13,15H,14H2,1-4H3,(H,24,25,27). The normalized spacial score (nSPS) is 11.7. The smallest absolute Gasteiger partial charge is 0.135 e. The molecule has 2 aromatic heterocycles. The molecule has 2 aromatic carbocycles. The SMILES string of the molecule is Cn1c(C(C)(C)C)nc2cc(Nc3ccnc(Cc4ccccc4)n3)ccc21. The molecule has 0 atom stereocenters. The molecule has 0 radical (unpaired) electrons. The van der Waals surface area contributed by atoms with E-state index in [2.05, 4.69) is 78.0 Å². The van der Waals surface area contributed by atoms with Gasteiger partial charge in [0.1, 0.15) is 17.5 Å². The number of imidazole rings is 1. The van der Waals surface area contributed by atoms with Crippen molar-refractivity contribution in [1.82, 2.24) is 19.5 Å². The molecule has 2 heterocycles. The van der Waals surface area contributed by atoms with Crippen LogP contribution in [0.2, 0.25) is 0 Å². The van der Waals surface area contributed by atoms with Crippen molar-refractivity contribution >= 4 is 22.5 Å². The first-order valence-corrected chi connectivity index (χ1v) is 9.50. The predicted octanol–water partition coefficient (Wildman–Crippen LogP) is 5.00. The molecule has 142 valence electrons. The van der Waals surface area contributed by atoms with Crippen LogP contribution in [0, 0.1) is 0 Å². The lowest BCUT2D eigenvalue weighted by Crippen LogP contribution is -2.17.